The number of hydrogen-bond acceptors (Lipinski definition) is 14. The number of nitrogens with one attached hydrogen (secondary N) is 2. The minimum atomic E-state index is -4.95. The fraction of sp³-hybridized carbons (Fsp3) is 0.600. The van der Waals surface area contributed by atoms with E-state index >= 15 is 0 Å². The molecule has 2 saturated heterocycles. The van der Waals surface area contributed by atoms with E-state index in [1.165, 1.54) is 10.1 Å². The molecule has 6 N–H and O–H groups in total. The van der Waals surface area contributed by atoms with E-state index in [4.69, 9.17) is 16.0 Å². The van der Waals surface area contributed by atoms with E-state index in [0.717, 1.165) is 43.7 Å². The summed E-state index contributed by atoms with van der Waals surface area (Å²) in [6.45, 7) is 1.71. The van der Waals surface area contributed by atoms with Gasteiger partial charge in [0.2, 0.25) is 11.5 Å². The highest BCUT2D eigenvalue weighted by atomic mass is 32.2. The van der Waals surface area contributed by atoms with Crippen molar-refractivity contribution in [2.45, 2.75) is 69.6 Å². The summed E-state index contributed by atoms with van der Waals surface area (Å²) >= 11 is 1.01. The Morgan fingerprint density at radius 2 is 2.00 bits per heavy atom. The van der Waals surface area contributed by atoms with Gasteiger partial charge in [-0.1, -0.05) is 10.4 Å². The first-order valence-electron chi connectivity index (χ1n) is 14.1. The molecule has 1 saturated carbocycles. The fourth-order valence-corrected chi connectivity index (χ4v) is 6.82. The molecule has 2 aromatic rings. The van der Waals surface area contributed by atoms with Crippen molar-refractivity contribution in [3.63, 3.8) is 0 Å². The van der Waals surface area contributed by atoms with Crippen LogP contribution in [0, 0.1) is 17.2 Å². The second-order valence-electron chi connectivity index (χ2n) is 11.2. The molecule has 0 radical (unpaired) electrons. The summed E-state index contributed by atoms with van der Waals surface area (Å²) in [6.07, 6.45) is 5.16. The summed E-state index contributed by atoms with van der Waals surface area (Å²) < 4.78 is 35.4. The SMILES string of the molecule is N=C(CCc1cn(C[C@@H]2[C@H](CC(=O)/C(=N\OC3(C(=O)O)CC3)c3csc(N)n3)C(=O)N2S(=O)(=O)O)nn1)CC1CCNCC1. The third-order valence-electron chi connectivity index (χ3n) is 8.03. The molecule has 0 spiro atoms. The molecule has 0 bridgehead atoms. The lowest BCUT2D eigenvalue weighted by Crippen LogP contribution is -2.64. The first kappa shape index (κ1) is 31.6. The van der Waals surface area contributed by atoms with Crippen LogP contribution in [0.15, 0.2) is 16.7 Å². The van der Waals surface area contributed by atoms with E-state index in [1.54, 1.807) is 6.20 Å². The number of anilines is 1. The summed E-state index contributed by atoms with van der Waals surface area (Å²) in [5, 5.41) is 34.5. The third-order valence-corrected chi connectivity index (χ3v) is 9.65. The average Bonchev–Trinajstić information content (AvgIpc) is 3.43. The maximum atomic E-state index is 13.4. The maximum absolute atomic E-state index is 13.4. The Labute approximate surface area is 256 Å². The normalized spacial score (nSPS) is 22.0. The molecule has 2 aliphatic heterocycles. The van der Waals surface area contributed by atoms with Gasteiger partial charge in [0, 0.05) is 36.6 Å². The van der Waals surface area contributed by atoms with E-state index in [-0.39, 0.29) is 35.9 Å². The lowest BCUT2D eigenvalue weighted by molar-refractivity contribution is -0.153. The van der Waals surface area contributed by atoms with E-state index in [2.05, 4.69) is 25.8 Å². The summed E-state index contributed by atoms with van der Waals surface area (Å²) in [4.78, 5) is 47.0. The van der Waals surface area contributed by atoms with Crippen molar-refractivity contribution in [3.8, 4) is 0 Å². The number of β-lactam (4-membered cyclic amide) rings is 1. The minimum Gasteiger partial charge on any atom is -0.478 e. The molecule has 2 aromatic heterocycles. The predicted octanol–water partition coefficient (Wildman–Crippen LogP) is 0.286. The van der Waals surface area contributed by atoms with Crippen molar-refractivity contribution in [3.05, 3.63) is 23.0 Å². The molecule has 4 heterocycles. The number of aliphatic carboxylic acids is 1. The van der Waals surface area contributed by atoms with Crippen molar-refractivity contribution >= 4 is 55.9 Å². The number of amides is 1. The summed E-state index contributed by atoms with van der Waals surface area (Å²) in [5.41, 5.74) is 4.98. The van der Waals surface area contributed by atoms with E-state index in [1.807, 2.05) is 0 Å². The Morgan fingerprint density at radius 1 is 1.27 bits per heavy atom. The van der Waals surface area contributed by atoms with Crippen LogP contribution in [0.3, 0.4) is 0 Å². The molecule has 19 heteroatoms. The smallest absolute Gasteiger partial charge is 0.362 e. The topological polar surface area (TPSA) is 256 Å². The molecule has 17 nitrogen and oxygen atoms in total. The van der Waals surface area contributed by atoms with Crippen LogP contribution < -0.4 is 11.1 Å². The summed E-state index contributed by atoms with van der Waals surface area (Å²) in [7, 11) is -4.95. The average molecular weight is 652 g/mol. The molecule has 44 heavy (non-hydrogen) atoms. The number of aromatic nitrogens is 4. The van der Waals surface area contributed by atoms with Crippen LogP contribution in [0.1, 0.15) is 56.3 Å². The molecule has 5 rings (SSSR count). The number of oxime groups is 1. The van der Waals surface area contributed by atoms with Crippen LogP contribution in [0.2, 0.25) is 0 Å². The number of carboxylic acids is 1. The van der Waals surface area contributed by atoms with Gasteiger partial charge in [-0.15, -0.1) is 16.4 Å². The van der Waals surface area contributed by atoms with Gasteiger partial charge in [0.15, 0.2) is 16.6 Å². The number of aryl methyl sites for hydroxylation is 1. The molecule has 1 aliphatic carbocycles. The lowest BCUT2D eigenvalue weighted by Gasteiger charge is -2.43. The largest absolute Gasteiger partial charge is 0.478 e. The van der Waals surface area contributed by atoms with Crippen LogP contribution >= 0.6 is 11.3 Å². The van der Waals surface area contributed by atoms with E-state index in [0.29, 0.717) is 34.5 Å². The van der Waals surface area contributed by atoms with Gasteiger partial charge < -0.3 is 26.4 Å². The van der Waals surface area contributed by atoms with Gasteiger partial charge >= 0.3 is 16.3 Å². The lowest BCUT2D eigenvalue weighted by atomic mass is 9.84. The van der Waals surface area contributed by atoms with Gasteiger partial charge in [0.25, 0.3) is 0 Å². The zero-order chi connectivity index (χ0) is 31.6. The first-order valence-corrected chi connectivity index (χ1v) is 16.3. The monoisotopic (exact) mass is 651 g/mol. The molecule has 0 aromatic carbocycles. The molecular weight excluding hydrogens is 618 g/mol. The van der Waals surface area contributed by atoms with Crippen LogP contribution in [0.4, 0.5) is 5.13 Å². The zero-order valence-corrected chi connectivity index (χ0v) is 25.2. The predicted molar refractivity (Wildman–Crippen MR) is 155 cm³/mol. The van der Waals surface area contributed by atoms with Crippen molar-refractivity contribution in [2.24, 2.45) is 17.0 Å². The molecular formula is C25H33N9O8S2. The number of Topliss-reactive ketones (excluding diaryl/α,β-unsaturated/α-hetero) is 1. The molecule has 3 aliphatic rings. The number of nitrogens with zero attached hydrogens (tertiary/aromatic N) is 6. The fourth-order valence-electron chi connectivity index (χ4n) is 5.36. The van der Waals surface area contributed by atoms with Gasteiger partial charge in [-0.2, -0.15) is 8.42 Å². The Hall–Kier alpha value is -3.81. The number of thiazole rings is 1. The number of hydrogen-bond donors (Lipinski definition) is 5. The number of carbonyl (C=O) groups is 3. The maximum Gasteiger partial charge on any atom is 0.362 e. The van der Waals surface area contributed by atoms with Crippen LogP contribution in [0.25, 0.3) is 0 Å². The molecule has 3 fully saturated rings. The Bertz CT molecular complexity index is 1580. The number of carboxylic acid groups (broad SMARTS) is 1. The van der Waals surface area contributed by atoms with Crippen molar-refractivity contribution in [1.29, 1.82) is 5.41 Å². The highest BCUT2D eigenvalue weighted by Gasteiger charge is 2.56. The Balaban J connectivity index is 1.26. The van der Waals surface area contributed by atoms with Gasteiger partial charge in [-0.3, -0.25) is 18.8 Å². The second-order valence-corrected chi connectivity index (χ2v) is 13.4. The van der Waals surface area contributed by atoms with Crippen LogP contribution in [0.5, 0.6) is 0 Å². The molecule has 238 valence electrons. The highest BCUT2D eigenvalue weighted by Crippen LogP contribution is 2.40. The van der Waals surface area contributed by atoms with Crippen molar-refractivity contribution in [2.75, 3.05) is 18.8 Å². The zero-order valence-electron chi connectivity index (χ0n) is 23.6. The Morgan fingerprint density at radius 3 is 2.61 bits per heavy atom. The van der Waals surface area contributed by atoms with Crippen LogP contribution in [-0.4, -0.2) is 96.2 Å². The van der Waals surface area contributed by atoms with Gasteiger partial charge in [0.1, 0.15) is 5.69 Å². The number of nitrogen functional groups attached to an aromatic ring is 1. The molecule has 0 unspecified atom stereocenters. The standard InChI is InChI=1S/C25H33N9O8S2/c26-15(9-14-3-7-28-8-4-14)1-2-16-11-33(32-30-16)12-19-17(22(36)34(19)44(39,40)41)10-20(35)21(18-13-43-24(27)29-18)31-42-25(5-6-25)23(37)38/h11,13-14,17,19,26,28H,1-10,12H2,(H2,27,29)(H,37,38)(H,39,40,41)/b26-15?,31-21-/t17-,19+/m0/s1. The van der Waals surface area contributed by atoms with Crippen LogP contribution in [-0.2, 0) is 42.5 Å². The van der Waals surface area contributed by atoms with Gasteiger partial charge in [-0.05, 0) is 51.1 Å². The van der Waals surface area contributed by atoms with E-state index in [9.17, 15) is 32.5 Å². The first-order chi connectivity index (χ1) is 20.9. The third kappa shape index (κ3) is 7.11. The molecule has 2 atom stereocenters. The highest BCUT2D eigenvalue weighted by molar-refractivity contribution is 7.84. The molecule has 1 amide bonds. The van der Waals surface area contributed by atoms with Crippen molar-refractivity contribution in [1.82, 2.24) is 29.6 Å². The number of ketones is 1. The summed E-state index contributed by atoms with van der Waals surface area (Å²) in [5.74, 6) is -3.71. The number of nitrogens with two attached hydrogens (primary N) is 1. The summed E-state index contributed by atoms with van der Waals surface area (Å²) in [6, 6.07) is -1.18. The number of piperidine rings is 1. The number of rotatable bonds is 15. The van der Waals surface area contributed by atoms with Gasteiger partial charge in [-0.25, -0.2) is 14.1 Å². The number of carbonyl (C=O) groups excluding carboxylic acids is 2. The second kappa shape index (κ2) is 12.7. The Kier molecular flexibility index (Phi) is 9.10. The minimum absolute atomic E-state index is 0.0142. The van der Waals surface area contributed by atoms with E-state index < -0.39 is 51.9 Å². The van der Waals surface area contributed by atoms with Crippen molar-refractivity contribution < 1.29 is 37.3 Å². The quantitative estimate of drug-likeness (QED) is 0.0752. The van der Waals surface area contributed by atoms with Gasteiger partial charge in [0.05, 0.1) is 24.2 Å².